The molecular formula is C13H16N2O. The van der Waals surface area contributed by atoms with Gasteiger partial charge in [-0.05, 0) is 18.2 Å². The minimum atomic E-state index is 0.00109. The van der Waals surface area contributed by atoms with E-state index in [1.807, 2.05) is 18.2 Å². The fourth-order valence-corrected chi connectivity index (χ4v) is 1.75. The molecule has 2 aromatic rings. The quantitative estimate of drug-likeness (QED) is 0.735. The zero-order valence-corrected chi connectivity index (χ0v) is 10.1. The van der Waals surface area contributed by atoms with Crippen molar-refractivity contribution in [3.05, 3.63) is 30.1 Å². The molecule has 84 valence electrons. The molecule has 0 aliphatic rings. The Labute approximate surface area is 95.5 Å². The summed E-state index contributed by atoms with van der Waals surface area (Å²) in [6, 6.07) is 5.99. The molecule has 0 atom stereocenters. The summed E-state index contributed by atoms with van der Waals surface area (Å²) in [5.41, 5.74) is 1.02. The van der Waals surface area contributed by atoms with Gasteiger partial charge in [-0.1, -0.05) is 20.8 Å². The van der Waals surface area contributed by atoms with Crippen molar-refractivity contribution in [3.8, 4) is 5.75 Å². The molecule has 1 heterocycles. The monoisotopic (exact) mass is 216 g/mol. The van der Waals surface area contributed by atoms with E-state index >= 15 is 0 Å². The van der Waals surface area contributed by atoms with Crippen LogP contribution in [0.25, 0.3) is 10.8 Å². The Balaban J connectivity index is 2.70. The van der Waals surface area contributed by atoms with Crippen LogP contribution in [0.2, 0.25) is 0 Å². The van der Waals surface area contributed by atoms with Crippen molar-refractivity contribution < 1.29 is 4.74 Å². The van der Waals surface area contributed by atoms with Gasteiger partial charge in [-0.2, -0.15) is 10.2 Å². The molecule has 0 radical (unpaired) electrons. The zero-order chi connectivity index (χ0) is 11.8. The van der Waals surface area contributed by atoms with Crippen molar-refractivity contribution in [1.82, 2.24) is 10.2 Å². The van der Waals surface area contributed by atoms with E-state index in [4.69, 9.17) is 4.74 Å². The smallest absolute Gasteiger partial charge is 0.119 e. The molecule has 0 spiro atoms. The third-order valence-corrected chi connectivity index (χ3v) is 2.58. The number of rotatable bonds is 1. The highest BCUT2D eigenvalue weighted by Gasteiger charge is 2.19. The summed E-state index contributed by atoms with van der Waals surface area (Å²) in [6.45, 7) is 6.42. The molecule has 0 saturated heterocycles. The van der Waals surface area contributed by atoms with Crippen molar-refractivity contribution >= 4 is 10.8 Å². The van der Waals surface area contributed by atoms with Gasteiger partial charge in [0.05, 0.1) is 19.0 Å². The maximum Gasteiger partial charge on any atom is 0.119 e. The number of methoxy groups -OCH3 is 1. The van der Waals surface area contributed by atoms with Gasteiger partial charge in [0.1, 0.15) is 5.75 Å². The van der Waals surface area contributed by atoms with Crippen molar-refractivity contribution in [2.45, 2.75) is 26.2 Å². The van der Waals surface area contributed by atoms with Crippen LogP contribution in [0.1, 0.15) is 26.5 Å². The first-order chi connectivity index (χ1) is 7.52. The van der Waals surface area contributed by atoms with Crippen molar-refractivity contribution in [2.24, 2.45) is 0 Å². The number of benzene rings is 1. The molecule has 0 saturated carbocycles. The Bertz CT molecular complexity index is 515. The number of fused-ring (bicyclic) bond motifs is 1. The summed E-state index contributed by atoms with van der Waals surface area (Å²) in [4.78, 5) is 0. The topological polar surface area (TPSA) is 35.0 Å². The number of hydrogen-bond acceptors (Lipinski definition) is 3. The van der Waals surface area contributed by atoms with Gasteiger partial charge in [0.15, 0.2) is 0 Å². The van der Waals surface area contributed by atoms with Crippen LogP contribution in [0.3, 0.4) is 0 Å². The molecule has 3 nitrogen and oxygen atoms in total. The van der Waals surface area contributed by atoms with Crippen molar-refractivity contribution in [2.75, 3.05) is 7.11 Å². The third-order valence-electron chi connectivity index (χ3n) is 2.58. The zero-order valence-electron chi connectivity index (χ0n) is 10.1. The van der Waals surface area contributed by atoms with Gasteiger partial charge in [-0.3, -0.25) is 0 Å². The van der Waals surface area contributed by atoms with Gasteiger partial charge in [0.25, 0.3) is 0 Å². The molecular weight excluding hydrogens is 200 g/mol. The second kappa shape index (κ2) is 3.74. The SMILES string of the molecule is COc1ccc2c(C(C)(C)C)nncc2c1. The van der Waals surface area contributed by atoms with Crippen LogP contribution in [0, 0.1) is 0 Å². The summed E-state index contributed by atoms with van der Waals surface area (Å²) < 4.78 is 5.20. The predicted octanol–water partition coefficient (Wildman–Crippen LogP) is 2.94. The molecule has 0 aliphatic heterocycles. The Morgan fingerprint density at radius 3 is 2.56 bits per heavy atom. The molecule has 0 fully saturated rings. The summed E-state index contributed by atoms with van der Waals surface area (Å²) in [6.07, 6.45) is 1.77. The summed E-state index contributed by atoms with van der Waals surface area (Å²) >= 11 is 0. The molecule has 1 aromatic carbocycles. The molecule has 2 rings (SSSR count). The highest BCUT2D eigenvalue weighted by Crippen LogP contribution is 2.29. The molecule has 0 aliphatic carbocycles. The Morgan fingerprint density at radius 1 is 1.19 bits per heavy atom. The maximum atomic E-state index is 5.20. The first-order valence-electron chi connectivity index (χ1n) is 5.32. The molecule has 0 amide bonds. The molecule has 0 unspecified atom stereocenters. The summed E-state index contributed by atoms with van der Waals surface area (Å²) in [5.74, 6) is 0.848. The van der Waals surface area contributed by atoms with Crippen molar-refractivity contribution in [3.63, 3.8) is 0 Å². The average molecular weight is 216 g/mol. The Hall–Kier alpha value is -1.64. The number of ether oxygens (including phenoxy) is 1. The first kappa shape index (κ1) is 10.9. The number of aromatic nitrogens is 2. The largest absolute Gasteiger partial charge is 0.497 e. The fourth-order valence-electron chi connectivity index (χ4n) is 1.75. The minimum Gasteiger partial charge on any atom is -0.497 e. The molecule has 0 N–H and O–H groups in total. The van der Waals surface area contributed by atoms with E-state index in [-0.39, 0.29) is 5.41 Å². The van der Waals surface area contributed by atoms with Gasteiger partial charge < -0.3 is 4.74 Å². The van der Waals surface area contributed by atoms with Gasteiger partial charge in [0, 0.05) is 16.2 Å². The third kappa shape index (κ3) is 1.85. The minimum absolute atomic E-state index is 0.00109. The number of nitrogens with zero attached hydrogens (tertiary/aromatic N) is 2. The summed E-state index contributed by atoms with van der Waals surface area (Å²) in [7, 11) is 1.67. The van der Waals surface area contributed by atoms with Gasteiger partial charge in [-0.25, -0.2) is 0 Å². The van der Waals surface area contributed by atoms with E-state index < -0.39 is 0 Å². The van der Waals surface area contributed by atoms with Crippen LogP contribution in [0.4, 0.5) is 0 Å². The van der Waals surface area contributed by atoms with Crippen LogP contribution in [0.15, 0.2) is 24.4 Å². The molecule has 16 heavy (non-hydrogen) atoms. The molecule has 1 aromatic heterocycles. The van der Waals surface area contributed by atoms with E-state index in [1.54, 1.807) is 13.3 Å². The number of hydrogen-bond donors (Lipinski definition) is 0. The van der Waals surface area contributed by atoms with Crippen LogP contribution < -0.4 is 4.74 Å². The normalized spacial score (nSPS) is 11.8. The van der Waals surface area contributed by atoms with Gasteiger partial charge >= 0.3 is 0 Å². The van der Waals surface area contributed by atoms with Crippen LogP contribution in [-0.4, -0.2) is 17.3 Å². The lowest BCUT2D eigenvalue weighted by atomic mass is 9.89. The van der Waals surface area contributed by atoms with Crippen LogP contribution in [0.5, 0.6) is 5.75 Å². The van der Waals surface area contributed by atoms with E-state index in [0.29, 0.717) is 0 Å². The van der Waals surface area contributed by atoms with Gasteiger partial charge in [-0.15, -0.1) is 0 Å². The average Bonchev–Trinajstić information content (AvgIpc) is 2.26. The molecule has 0 bridgehead atoms. The second-order valence-electron chi connectivity index (χ2n) is 4.90. The lowest BCUT2D eigenvalue weighted by Gasteiger charge is -2.18. The predicted molar refractivity (Wildman–Crippen MR) is 64.8 cm³/mol. The highest BCUT2D eigenvalue weighted by molar-refractivity contribution is 5.85. The lowest BCUT2D eigenvalue weighted by molar-refractivity contribution is 0.415. The van der Waals surface area contributed by atoms with E-state index in [1.165, 1.54) is 0 Å². The van der Waals surface area contributed by atoms with Crippen LogP contribution in [-0.2, 0) is 5.41 Å². The maximum absolute atomic E-state index is 5.20. The van der Waals surface area contributed by atoms with E-state index in [2.05, 4.69) is 31.0 Å². The fraction of sp³-hybridized carbons (Fsp3) is 0.385. The van der Waals surface area contributed by atoms with Gasteiger partial charge in [0.2, 0.25) is 0 Å². The van der Waals surface area contributed by atoms with E-state index in [0.717, 1.165) is 22.2 Å². The lowest BCUT2D eigenvalue weighted by Crippen LogP contribution is -2.14. The standard InChI is InChI=1S/C13H16N2O/c1-13(2,3)12-11-6-5-10(16-4)7-9(11)8-14-15-12/h5-8H,1-4H3. The van der Waals surface area contributed by atoms with Crippen LogP contribution >= 0.6 is 0 Å². The van der Waals surface area contributed by atoms with Crippen molar-refractivity contribution in [1.29, 1.82) is 0 Å². The summed E-state index contributed by atoms with van der Waals surface area (Å²) in [5, 5.41) is 10.5. The first-order valence-corrected chi connectivity index (χ1v) is 5.32. The molecule has 3 heteroatoms. The Morgan fingerprint density at radius 2 is 1.94 bits per heavy atom. The Kier molecular flexibility index (Phi) is 2.54. The van der Waals surface area contributed by atoms with E-state index in [9.17, 15) is 0 Å². The highest BCUT2D eigenvalue weighted by atomic mass is 16.5. The second-order valence-corrected chi connectivity index (χ2v) is 4.90.